The van der Waals surface area contributed by atoms with Crippen LogP contribution in [0.15, 0.2) is 34.9 Å². The fourth-order valence-corrected chi connectivity index (χ4v) is 2.21. The zero-order valence-corrected chi connectivity index (χ0v) is 9.82. The summed E-state index contributed by atoms with van der Waals surface area (Å²) in [5.74, 6) is 0.593. The van der Waals surface area contributed by atoms with Crippen LogP contribution in [0, 0.1) is 20.8 Å². The summed E-state index contributed by atoms with van der Waals surface area (Å²) < 4.78 is 5.24. The lowest BCUT2D eigenvalue weighted by Gasteiger charge is -2.15. The van der Waals surface area contributed by atoms with E-state index in [1.54, 1.807) is 18.4 Å². The summed E-state index contributed by atoms with van der Waals surface area (Å²) in [6.07, 6.45) is 0.910. The van der Waals surface area contributed by atoms with Gasteiger partial charge in [0.2, 0.25) is 0 Å². The maximum Gasteiger partial charge on any atom is 0.137 e. The Hall–Kier alpha value is -1.54. The Morgan fingerprint density at radius 1 is 1.12 bits per heavy atom. The minimum atomic E-state index is -0.671. The zero-order valence-electron chi connectivity index (χ0n) is 9.82. The van der Waals surface area contributed by atoms with Gasteiger partial charge in [0, 0.05) is 0 Å². The van der Waals surface area contributed by atoms with Gasteiger partial charge in [-0.3, -0.25) is 0 Å². The van der Waals surface area contributed by atoms with Crippen molar-refractivity contribution in [3.8, 4) is 0 Å². The Labute approximate surface area is 95.5 Å². The van der Waals surface area contributed by atoms with E-state index in [0.717, 1.165) is 16.7 Å². The summed E-state index contributed by atoms with van der Waals surface area (Å²) in [6.45, 7) is 6.09. The SMILES string of the molecule is Cc1cc(C)c(C(O)c2ccco2)c(C)c1. The third-order valence-corrected chi connectivity index (χ3v) is 2.82. The third-order valence-electron chi connectivity index (χ3n) is 2.82. The summed E-state index contributed by atoms with van der Waals surface area (Å²) in [6, 6.07) is 7.74. The molecule has 1 aromatic heterocycles. The number of benzene rings is 1. The van der Waals surface area contributed by atoms with Crippen LogP contribution in [0.3, 0.4) is 0 Å². The van der Waals surface area contributed by atoms with Gasteiger partial charge >= 0.3 is 0 Å². The Morgan fingerprint density at radius 3 is 2.25 bits per heavy atom. The molecule has 0 saturated heterocycles. The van der Waals surface area contributed by atoms with Crippen LogP contribution in [0.25, 0.3) is 0 Å². The fraction of sp³-hybridized carbons (Fsp3) is 0.286. The van der Waals surface area contributed by atoms with Crippen molar-refractivity contribution in [2.75, 3.05) is 0 Å². The van der Waals surface area contributed by atoms with Crippen LogP contribution >= 0.6 is 0 Å². The highest BCUT2D eigenvalue weighted by molar-refractivity contribution is 5.41. The summed E-state index contributed by atoms with van der Waals surface area (Å²) in [4.78, 5) is 0. The van der Waals surface area contributed by atoms with Gasteiger partial charge in [0.05, 0.1) is 6.26 Å². The molecule has 1 aromatic carbocycles. The average molecular weight is 216 g/mol. The molecule has 0 aliphatic rings. The molecule has 1 heterocycles. The molecular weight excluding hydrogens is 200 g/mol. The third kappa shape index (κ3) is 1.89. The molecule has 1 unspecified atom stereocenters. The maximum absolute atomic E-state index is 10.2. The van der Waals surface area contributed by atoms with Crippen molar-refractivity contribution in [3.05, 3.63) is 58.5 Å². The summed E-state index contributed by atoms with van der Waals surface area (Å²) in [5, 5.41) is 10.2. The predicted molar refractivity (Wildman–Crippen MR) is 63.4 cm³/mol. The molecule has 0 aliphatic heterocycles. The second kappa shape index (κ2) is 4.14. The minimum absolute atomic E-state index is 0.593. The molecule has 0 aliphatic carbocycles. The van der Waals surface area contributed by atoms with E-state index in [0.29, 0.717) is 5.76 Å². The van der Waals surface area contributed by atoms with Crippen molar-refractivity contribution in [2.45, 2.75) is 26.9 Å². The van der Waals surface area contributed by atoms with Gasteiger partial charge in [-0.2, -0.15) is 0 Å². The number of furan rings is 1. The van der Waals surface area contributed by atoms with Crippen LogP contribution in [0.5, 0.6) is 0 Å². The molecule has 0 spiro atoms. The first-order valence-corrected chi connectivity index (χ1v) is 5.39. The van der Waals surface area contributed by atoms with Gasteiger partial charge in [0.15, 0.2) is 0 Å². The molecule has 0 radical (unpaired) electrons. The second-order valence-corrected chi connectivity index (χ2v) is 4.23. The summed E-state index contributed by atoms with van der Waals surface area (Å²) in [5.41, 5.74) is 4.36. The zero-order chi connectivity index (χ0) is 11.7. The van der Waals surface area contributed by atoms with Crippen molar-refractivity contribution < 1.29 is 9.52 Å². The van der Waals surface area contributed by atoms with Crippen LogP contribution in [0.1, 0.15) is 34.1 Å². The molecule has 0 saturated carbocycles. The summed E-state index contributed by atoms with van der Waals surface area (Å²) >= 11 is 0. The van der Waals surface area contributed by atoms with E-state index in [4.69, 9.17) is 4.42 Å². The smallest absolute Gasteiger partial charge is 0.137 e. The Bertz CT molecular complexity index is 460. The number of hydrogen-bond acceptors (Lipinski definition) is 2. The van der Waals surface area contributed by atoms with Crippen molar-refractivity contribution in [1.82, 2.24) is 0 Å². The summed E-state index contributed by atoms with van der Waals surface area (Å²) in [7, 11) is 0. The first-order chi connectivity index (χ1) is 7.59. The number of hydrogen-bond donors (Lipinski definition) is 1. The van der Waals surface area contributed by atoms with Gasteiger partial charge in [-0.05, 0) is 49.6 Å². The monoisotopic (exact) mass is 216 g/mol. The highest BCUT2D eigenvalue weighted by Crippen LogP contribution is 2.28. The Kier molecular flexibility index (Phi) is 2.84. The molecule has 2 aromatic rings. The van der Waals surface area contributed by atoms with E-state index in [9.17, 15) is 5.11 Å². The molecule has 1 atom stereocenters. The molecule has 0 bridgehead atoms. The molecule has 2 heteroatoms. The van der Waals surface area contributed by atoms with Crippen molar-refractivity contribution in [3.63, 3.8) is 0 Å². The molecule has 84 valence electrons. The van der Waals surface area contributed by atoms with Gasteiger partial charge < -0.3 is 9.52 Å². The Balaban J connectivity index is 2.48. The van der Waals surface area contributed by atoms with Crippen LogP contribution < -0.4 is 0 Å². The normalized spacial score (nSPS) is 12.8. The van der Waals surface area contributed by atoms with Crippen molar-refractivity contribution in [1.29, 1.82) is 0 Å². The topological polar surface area (TPSA) is 33.4 Å². The molecule has 2 nitrogen and oxygen atoms in total. The van der Waals surface area contributed by atoms with Crippen LogP contribution in [0.2, 0.25) is 0 Å². The molecular formula is C14H16O2. The molecule has 1 N–H and O–H groups in total. The van der Waals surface area contributed by atoms with Crippen LogP contribution in [-0.2, 0) is 0 Å². The van der Waals surface area contributed by atoms with Crippen molar-refractivity contribution in [2.24, 2.45) is 0 Å². The first kappa shape index (κ1) is 11.0. The second-order valence-electron chi connectivity index (χ2n) is 4.23. The fourth-order valence-electron chi connectivity index (χ4n) is 2.21. The minimum Gasteiger partial charge on any atom is -0.466 e. The van der Waals surface area contributed by atoms with E-state index in [1.165, 1.54) is 5.56 Å². The lowest BCUT2D eigenvalue weighted by Crippen LogP contribution is -2.04. The highest BCUT2D eigenvalue weighted by Gasteiger charge is 2.17. The van der Waals surface area contributed by atoms with E-state index in [1.807, 2.05) is 13.8 Å². The highest BCUT2D eigenvalue weighted by atomic mass is 16.4. The number of aliphatic hydroxyl groups excluding tert-OH is 1. The van der Waals surface area contributed by atoms with E-state index >= 15 is 0 Å². The Morgan fingerprint density at radius 2 is 1.75 bits per heavy atom. The quantitative estimate of drug-likeness (QED) is 0.835. The molecule has 0 fully saturated rings. The lowest BCUT2D eigenvalue weighted by molar-refractivity contribution is 0.188. The predicted octanol–water partition coefficient (Wildman–Crippen LogP) is 3.29. The van der Waals surface area contributed by atoms with E-state index in [2.05, 4.69) is 19.1 Å². The number of aryl methyl sites for hydroxylation is 3. The maximum atomic E-state index is 10.2. The molecule has 2 rings (SSSR count). The van der Waals surface area contributed by atoms with Gasteiger partial charge in [-0.25, -0.2) is 0 Å². The average Bonchev–Trinajstić information content (AvgIpc) is 2.67. The number of aliphatic hydroxyl groups is 1. The molecule has 16 heavy (non-hydrogen) atoms. The van der Waals surface area contributed by atoms with Gasteiger partial charge in [-0.15, -0.1) is 0 Å². The van der Waals surface area contributed by atoms with Gasteiger partial charge in [-0.1, -0.05) is 17.7 Å². The largest absolute Gasteiger partial charge is 0.466 e. The van der Waals surface area contributed by atoms with E-state index < -0.39 is 6.10 Å². The van der Waals surface area contributed by atoms with Crippen LogP contribution in [-0.4, -0.2) is 5.11 Å². The standard InChI is InChI=1S/C14H16O2/c1-9-7-10(2)13(11(3)8-9)14(15)12-5-4-6-16-12/h4-8,14-15H,1-3H3. The van der Waals surface area contributed by atoms with E-state index in [-0.39, 0.29) is 0 Å². The first-order valence-electron chi connectivity index (χ1n) is 5.39. The van der Waals surface area contributed by atoms with Gasteiger partial charge in [0.1, 0.15) is 11.9 Å². The molecule has 0 amide bonds. The lowest BCUT2D eigenvalue weighted by atomic mass is 9.94. The van der Waals surface area contributed by atoms with Gasteiger partial charge in [0.25, 0.3) is 0 Å². The van der Waals surface area contributed by atoms with Crippen LogP contribution in [0.4, 0.5) is 0 Å². The number of rotatable bonds is 2. The van der Waals surface area contributed by atoms with Crippen molar-refractivity contribution >= 4 is 0 Å².